The molecule has 0 spiro atoms. The highest BCUT2D eigenvalue weighted by atomic mass is 19.1. The highest BCUT2D eigenvalue weighted by Gasteiger charge is 2.30. The summed E-state index contributed by atoms with van der Waals surface area (Å²) < 4.78 is 13.5. The van der Waals surface area contributed by atoms with E-state index in [9.17, 15) is 9.18 Å². The van der Waals surface area contributed by atoms with E-state index in [0.717, 1.165) is 18.9 Å². The summed E-state index contributed by atoms with van der Waals surface area (Å²) in [5.41, 5.74) is -0.0665. The van der Waals surface area contributed by atoms with Crippen LogP contribution in [-0.4, -0.2) is 40.2 Å². The van der Waals surface area contributed by atoms with Crippen molar-refractivity contribution >= 4 is 5.91 Å². The molecule has 1 saturated heterocycles. The Bertz CT molecular complexity index is 436. The van der Waals surface area contributed by atoms with Crippen LogP contribution in [0.15, 0.2) is 18.2 Å². The fourth-order valence-electron chi connectivity index (χ4n) is 2.13. The van der Waals surface area contributed by atoms with E-state index in [1.807, 2.05) is 0 Å². The van der Waals surface area contributed by atoms with Crippen LogP contribution in [0.25, 0.3) is 0 Å². The number of hydrogen-bond acceptors (Lipinski definition) is 3. The maximum absolute atomic E-state index is 13.5. The zero-order chi connectivity index (χ0) is 12.4. The molecule has 0 bridgehead atoms. The Morgan fingerprint density at radius 1 is 1.53 bits per heavy atom. The van der Waals surface area contributed by atoms with Crippen LogP contribution in [-0.2, 0) is 0 Å². The summed E-state index contributed by atoms with van der Waals surface area (Å²) in [5.74, 6) is -1.38. The number of phenols is 1. The van der Waals surface area contributed by atoms with Gasteiger partial charge in [0.15, 0.2) is 0 Å². The largest absolute Gasteiger partial charge is 0.508 e. The summed E-state index contributed by atoms with van der Waals surface area (Å²) >= 11 is 0. The summed E-state index contributed by atoms with van der Waals surface area (Å²) in [6, 6.07) is 3.23. The van der Waals surface area contributed by atoms with Crippen LogP contribution in [0.3, 0.4) is 0 Å². The second-order valence-electron chi connectivity index (χ2n) is 4.14. The number of aliphatic hydroxyl groups excluding tert-OH is 1. The van der Waals surface area contributed by atoms with Gasteiger partial charge in [-0.1, -0.05) is 0 Å². The third-order valence-corrected chi connectivity index (χ3v) is 3.03. The number of carbonyl (C=O) groups excluding carboxylic acids is 1. The van der Waals surface area contributed by atoms with Crippen molar-refractivity contribution in [2.75, 3.05) is 13.2 Å². The van der Waals surface area contributed by atoms with Crippen molar-refractivity contribution in [1.82, 2.24) is 4.90 Å². The summed E-state index contributed by atoms with van der Waals surface area (Å²) in [4.78, 5) is 13.5. The first-order chi connectivity index (χ1) is 8.13. The highest BCUT2D eigenvalue weighted by Crippen LogP contribution is 2.22. The van der Waals surface area contributed by atoms with Gasteiger partial charge in [-0.25, -0.2) is 4.39 Å². The average molecular weight is 239 g/mol. The molecule has 1 aromatic carbocycles. The predicted octanol–water partition coefficient (Wildman–Crippen LogP) is 1.13. The van der Waals surface area contributed by atoms with E-state index in [0.29, 0.717) is 6.54 Å². The minimum Gasteiger partial charge on any atom is -0.508 e. The fraction of sp³-hybridized carbons (Fsp3) is 0.417. The van der Waals surface area contributed by atoms with Gasteiger partial charge in [0.05, 0.1) is 18.2 Å². The third-order valence-electron chi connectivity index (χ3n) is 3.03. The van der Waals surface area contributed by atoms with E-state index in [-0.39, 0.29) is 24.0 Å². The zero-order valence-corrected chi connectivity index (χ0v) is 9.27. The Balaban J connectivity index is 2.24. The van der Waals surface area contributed by atoms with E-state index < -0.39 is 11.7 Å². The Kier molecular flexibility index (Phi) is 3.28. The Morgan fingerprint density at radius 2 is 2.29 bits per heavy atom. The third kappa shape index (κ3) is 2.24. The molecule has 2 rings (SSSR count). The summed E-state index contributed by atoms with van der Waals surface area (Å²) in [7, 11) is 0. The van der Waals surface area contributed by atoms with E-state index in [2.05, 4.69) is 0 Å². The van der Waals surface area contributed by atoms with Crippen LogP contribution in [0.4, 0.5) is 4.39 Å². The van der Waals surface area contributed by atoms with E-state index >= 15 is 0 Å². The molecule has 17 heavy (non-hydrogen) atoms. The van der Waals surface area contributed by atoms with E-state index in [1.54, 1.807) is 0 Å². The average Bonchev–Trinajstić information content (AvgIpc) is 2.76. The quantitative estimate of drug-likeness (QED) is 0.813. The standard InChI is InChI=1S/C12H14FNO3/c13-11-6-9(16)3-4-10(11)12(17)14-5-1-2-8(14)7-15/h3-4,6,8,15-16H,1-2,5,7H2/t8-/m0/s1. The molecule has 0 aliphatic carbocycles. The topological polar surface area (TPSA) is 60.8 Å². The molecule has 1 atom stereocenters. The molecule has 2 N–H and O–H groups in total. The van der Waals surface area contributed by atoms with E-state index in [4.69, 9.17) is 10.2 Å². The fourth-order valence-corrected chi connectivity index (χ4v) is 2.13. The van der Waals surface area contributed by atoms with Crippen molar-refractivity contribution in [2.24, 2.45) is 0 Å². The van der Waals surface area contributed by atoms with Gasteiger partial charge in [-0.05, 0) is 25.0 Å². The smallest absolute Gasteiger partial charge is 0.257 e. The summed E-state index contributed by atoms with van der Waals surface area (Å²) in [5, 5.41) is 18.2. The first-order valence-corrected chi connectivity index (χ1v) is 5.54. The molecule has 92 valence electrons. The van der Waals surface area contributed by atoms with Crippen molar-refractivity contribution in [2.45, 2.75) is 18.9 Å². The molecule has 1 amide bonds. The number of benzene rings is 1. The molecule has 1 aliphatic heterocycles. The zero-order valence-electron chi connectivity index (χ0n) is 9.27. The summed E-state index contributed by atoms with van der Waals surface area (Å²) in [6.45, 7) is 0.426. The van der Waals surface area contributed by atoms with Gasteiger partial charge in [-0.2, -0.15) is 0 Å². The lowest BCUT2D eigenvalue weighted by atomic mass is 10.1. The number of aromatic hydroxyl groups is 1. The van der Waals surface area contributed by atoms with Gasteiger partial charge in [-0.3, -0.25) is 4.79 Å². The second-order valence-corrected chi connectivity index (χ2v) is 4.14. The van der Waals surface area contributed by atoms with Crippen molar-refractivity contribution in [1.29, 1.82) is 0 Å². The van der Waals surface area contributed by atoms with Crippen LogP contribution in [0.5, 0.6) is 5.75 Å². The number of halogens is 1. The minimum atomic E-state index is -0.737. The van der Waals surface area contributed by atoms with Gasteiger partial charge in [0.25, 0.3) is 5.91 Å². The molecular weight excluding hydrogens is 225 g/mol. The normalized spacial score (nSPS) is 19.6. The van der Waals surface area contributed by atoms with Gasteiger partial charge in [-0.15, -0.1) is 0 Å². The lowest BCUT2D eigenvalue weighted by Gasteiger charge is -2.23. The lowest BCUT2D eigenvalue weighted by molar-refractivity contribution is 0.0673. The van der Waals surface area contributed by atoms with Gasteiger partial charge in [0, 0.05) is 12.6 Å². The maximum atomic E-state index is 13.5. The number of likely N-dealkylation sites (tertiary alicyclic amines) is 1. The van der Waals surface area contributed by atoms with Gasteiger partial charge in [0.2, 0.25) is 0 Å². The number of rotatable bonds is 2. The van der Waals surface area contributed by atoms with Crippen molar-refractivity contribution in [3.8, 4) is 5.75 Å². The Hall–Kier alpha value is -1.62. The molecule has 1 aromatic rings. The van der Waals surface area contributed by atoms with Crippen LogP contribution in [0.2, 0.25) is 0 Å². The first-order valence-electron chi connectivity index (χ1n) is 5.54. The van der Waals surface area contributed by atoms with Crippen LogP contribution < -0.4 is 0 Å². The highest BCUT2D eigenvalue weighted by molar-refractivity contribution is 5.95. The molecule has 1 fully saturated rings. The van der Waals surface area contributed by atoms with Crippen molar-refractivity contribution in [3.05, 3.63) is 29.6 Å². The van der Waals surface area contributed by atoms with Crippen molar-refractivity contribution in [3.63, 3.8) is 0 Å². The SMILES string of the molecule is O=C(c1ccc(O)cc1F)N1CCC[C@H]1CO. The molecule has 0 unspecified atom stereocenters. The van der Waals surface area contributed by atoms with Gasteiger partial charge < -0.3 is 15.1 Å². The predicted molar refractivity (Wildman–Crippen MR) is 59.2 cm³/mol. The molecule has 0 radical (unpaired) electrons. The number of aliphatic hydroxyl groups is 1. The Labute approximate surface area is 98.3 Å². The second kappa shape index (κ2) is 4.71. The van der Waals surface area contributed by atoms with Gasteiger partial charge in [0.1, 0.15) is 11.6 Å². The molecule has 5 heteroatoms. The molecule has 0 saturated carbocycles. The van der Waals surface area contributed by atoms with Crippen LogP contribution in [0, 0.1) is 5.82 Å². The van der Waals surface area contributed by atoms with Crippen LogP contribution >= 0.6 is 0 Å². The van der Waals surface area contributed by atoms with Crippen molar-refractivity contribution < 1.29 is 19.4 Å². The first kappa shape index (κ1) is 11.9. The molecular formula is C12H14FNO3. The molecule has 0 aromatic heterocycles. The number of phenolic OH excluding ortho intramolecular Hbond substituents is 1. The van der Waals surface area contributed by atoms with Crippen LogP contribution in [0.1, 0.15) is 23.2 Å². The molecule has 4 nitrogen and oxygen atoms in total. The maximum Gasteiger partial charge on any atom is 0.257 e. The number of amides is 1. The minimum absolute atomic E-state index is 0.0665. The van der Waals surface area contributed by atoms with E-state index in [1.165, 1.54) is 17.0 Å². The number of hydrogen-bond donors (Lipinski definition) is 2. The Morgan fingerprint density at radius 3 is 2.94 bits per heavy atom. The summed E-state index contributed by atoms with van der Waals surface area (Å²) in [6.07, 6.45) is 1.55. The molecule has 1 aliphatic rings. The monoisotopic (exact) mass is 239 g/mol. The lowest BCUT2D eigenvalue weighted by Crippen LogP contribution is -2.38. The molecule has 1 heterocycles. The number of carbonyl (C=O) groups is 1. The number of nitrogens with zero attached hydrogens (tertiary/aromatic N) is 1. The van der Waals surface area contributed by atoms with Gasteiger partial charge >= 0.3 is 0 Å².